The molecular weight excluding hydrogens is 394 g/mol. The fraction of sp³-hybridized carbons (Fsp3) is 0.261. The van der Waals surface area contributed by atoms with Gasteiger partial charge >= 0.3 is 0 Å². The second-order valence-corrected chi connectivity index (χ2v) is 8.40. The van der Waals surface area contributed by atoms with Crippen LogP contribution < -0.4 is 5.43 Å². The minimum absolute atomic E-state index is 0.180. The Morgan fingerprint density at radius 1 is 1.32 bits per heavy atom. The zero-order valence-corrected chi connectivity index (χ0v) is 16.9. The molecular formula is C23H20BFN4O2. The van der Waals surface area contributed by atoms with Gasteiger partial charge in [0, 0.05) is 24.9 Å². The zero-order valence-electron chi connectivity index (χ0n) is 16.9. The summed E-state index contributed by atoms with van der Waals surface area (Å²) in [4.78, 5) is 16.5. The minimum Gasteiger partial charge on any atom is -0.503 e. The van der Waals surface area contributed by atoms with Gasteiger partial charge in [-0.15, -0.1) is 0 Å². The molecule has 2 radical (unpaired) electrons. The summed E-state index contributed by atoms with van der Waals surface area (Å²) in [5.74, 6) is -0.487. The van der Waals surface area contributed by atoms with Crippen LogP contribution in [-0.2, 0) is 6.54 Å². The van der Waals surface area contributed by atoms with Crippen molar-refractivity contribution in [2.75, 3.05) is 0 Å². The molecule has 5 rings (SSSR count). The lowest BCUT2D eigenvalue weighted by Gasteiger charge is -2.44. The van der Waals surface area contributed by atoms with E-state index >= 15 is 0 Å². The van der Waals surface area contributed by atoms with Gasteiger partial charge in [0.15, 0.2) is 11.6 Å². The molecule has 0 fully saturated rings. The van der Waals surface area contributed by atoms with Crippen molar-refractivity contribution in [3.63, 3.8) is 0 Å². The highest BCUT2D eigenvalue weighted by molar-refractivity contribution is 6.22. The van der Waals surface area contributed by atoms with Crippen molar-refractivity contribution in [2.24, 2.45) is 5.41 Å². The molecule has 1 N–H and O–H groups in total. The predicted molar refractivity (Wildman–Crippen MR) is 115 cm³/mol. The largest absolute Gasteiger partial charge is 0.503 e. The average molecular weight is 414 g/mol. The van der Waals surface area contributed by atoms with E-state index in [1.54, 1.807) is 10.9 Å². The lowest BCUT2D eigenvalue weighted by Crippen LogP contribution is -2.39. The van der Waals surface area contributed by atoms with Crippen molar-refractivity contribution in [1.82, 2.24) is 19.3 Å². The number of benzene rings is 1. The van der Waals surface area contributed by atoms with Gasteiger partial charge in [-0.25, -0.2) is 9.37 Å². The fourth-order valence-electron chi connectivity index (χ4n) is 4.96. The van der Waals surface area contributed by atoms with Crippen molar-refractivity contribution in [3.05, 3.63) is 88.2 Å². The molecule has 6 nitrogen and oxygen atoms in total. The summed E-state index contributed by atoms with van der Waals surface area (Å²) < 4.78 is 17.7. The highest BCUT2D eigenvalue weighted by Gasteiger charge is 2.44. The van der Waals surface area contributed by atoms with Crippen LogP contribution >= 0.6 is 0 Å². The number of halogens is 1. The molecule has 1 unspecified atom stereocenters. The molecule has 2 aliphatic rings. The molecule has 1 aromatic carbocycles. The Bertz CT molecular complexity index is 1280. The smallest absolute Gasteiger partial charge is 0.242 e. The van der Waals surface area contributed by atoms with Gasteiger partial charge in [0.05, 0.1) is 12.2 Å². The van der Waals surface area contributed by atoms with Gasteiger partial charge in [-0.05, 0) is 23.5 Å². The maximum atomic E-state index is 14.1. The number of aromatic hydroxyl groups is 1. The molecule has 3 aromatic rings. The Morgan fingerprint density at radius 3 is 2.84 bits per heavy atom. The molecule has 0 saturated carbocycles. The molecule has 31 heavy (non-hydrogen) atoms. The van der Waals surface area contributed by atoms with Crippen LogP contribution in [-0.4, -0.2) is 32.3 Å². The number of rotatable bonds is 3. The molecule has 2 aromatic heterocycles. The molecule has 0 spiro atoms. The van der Waals surface area contributed by atoms with Gasteiger partial charge in [-0.1, -0.05) is 48.8 Å². The number of hydrogen-bond acceptors (Lipinski definition) is 4. The van der Waals surface area contributed by atoms with E-state index in [1.807, 2.05) is 54.1 Å². The van der Waals surface area contributed by atoms with E-state index in [2.05, 4.69) is 10.1 Å². The Kier molecular flexibility index (Phi) is 4.46. The van der Waals surface area contributed by atoms with Gasteiger partial charge in [0.2, 0.25) is 5.43 Å². The van der Waals surface area contributed by atoms with Crippen LogP contribution in [0, 0.1) is 5.41 Å². The van der Waals surface area contributed by atoms with Gasteiger partial charge in [-0.2, -0.15) is 5.10 Å². The molecule has 0 bridgehead atoms. The van der Waals surface area contributed by atoms with E-state index in [-0.39, 0.29) is 28.9 Å². The first-order valence-corrected chi connectivity index (χ1v) is 10.1. The summed E-state index contributed by atoms with van der Waals surface area (Å²) in [6.07, 6.45) is 8.20. The summed E-state index contributed by atoms with van der Waals surface area (Å²) in [5.41, 5.74) is 0.440. The quantitative estimate of drug-likeness (QED) is 0.667. The number of allylic oxidation sites excluding steroid dienone is 4. The van der Waals surface area contributed by atoms with E-state index in [9.17, 15) is 14.3 Å². The molecule has 1 aliphatic carbocycles. The second-order valence-electron chi connectivity index (χ2n) is 8.40. The highest BCUT2D eigenvalue weighted by Crippen LogP contribution is 2.52. The molecule has 3 heterocycles. The van der Waals surface area contributed by atoms with Crippen LogP contribution in [0.2, 0.25) is 0 Å². The van der Waals surface area contributed by atoms with Crippen LogP contribution in [0.1, 0.15) is 30.9 Å². The lowest BCUT2D eigenvalue weighted by atomic mass is 9.62. The van der Waals surface area contributed by atoms with E-state index in [0.29, 0.717) is 18.8 Å². The average Bonchev–Trinajstić information content (AvgIpc) is 3.23. The molecule has 8 heteroatoms. The van der Waals surface area contributed by atoms with Crippen molar-refractivity contribution in [3.8, 4) is 17.3 Å². The third-order valence-corrected chi connectivity index (χ3v) is 6.35. The van der Waals surface area contributed by atoms with Gasteiger partial charge in [-0.3, -0.25) is 9.48 Å². The van der Waals surface area contributed by atoms with Crippen LogP contribution in [0.5, 0.6) is 5.75 Å². The molecule has 154 valence electrons. The van der Waals surface area contributed by atoms with Crippen molar-refractivity contribution < 1.29 is 9.50 Å². The Labute approximate surface area is 179 Å². The standard InChI is InChI=1S/C23H20BFN4O2/c1-23(8-7-16(25)15(24)11-23)19(14-5-3-2-4-6-14)17-13-28-10-9-26-22(28)20-21(31)18(30)12-27-29(17)20/h2-10,12,17,19,31H,11,13H2,1H3/t17-,19+,23?/m1/s1. The Balaban J connectivity index is 1.73. The molecule has 3 atom stereocenters. The lowest BCUT2D eigenvalue weighted by molar-refractivity contribution is 0.203. The minimum atomic E-state index is -0.560. The SMILES string of the molecule is [B]C1=C(F)C=CC(C)([C@@H](c2ccccc2)[C@H]2Cn3ccnc3-c3c(O)c(=O)cnn32)C1. The zero-order chi connectivity index (χ0) is 21.8. The fourth-order valence-corrected chi connectivity index (χ4v) is 4.96. The topological polar surface area (TPSA) is 72.9 Å². The Morgan fingerprint density at radius 2 is 2.10 bits per heavy atom. The molecule has 0 saturated heterocycles. The van der Waals surface area contributed by atoms with Gasteiger partial charge in [0.25, 0.3) is 0 Å². The van der Waals surface area contributed by atoms with E-state index in [4.69, 9.17) is 7.85 Å². The van der Waals surface area contributed by atoms with Crippen LogP contribution in [0.25, 0.3) is 11.5 Å². The number of nitrogens with zero attached hydrogens (tertiary/aromatic N) is 4. The number of imidazole rings is 1. The van der Waals surface area contributed by atoms with Crippen molar-refractivity contribution in [1.29, 1.82) is 0 Å². The Hall–Kier alpha value is -3.42. The molecule has 1 aliphatic heterocycles. The summed E-state index contributed by atoms with van der Waals surface area (Å²) in [6, 6.07) is 9.63. The third-order valence-electron chi connectivity index (χ3n) is 6.35. The summed E-state index contributed by atoms with van der Waals surface area (Å²) in [7, 11) is 6.03. The van der Waals surface area contributed by atoms with Crippen LogP contribution in [0.4, 0.5) is 4.39 Å². The van der Waals surface area contributed by atoms with E-state index in [1.165, 1.54) is 6.08 Å². The predicted octanol–water partition coefficient (Wildman–Crippen LogP) is 3.47. The first kappa shape index (κ1) is 19.5. The first-order chi connectivity index (χ1) is 14.9. The van der Waals surface area contributed by atoms with Crippen molar-refractivity contribution >= 4 is 7.85 Å². The normalized spacial score (nSPS) is 23.4. The monoisotopic (exact) mass is 414 g/mol. The summed E-state index contributed by atoms with van der Waals surface area (Å²) in [5, 5.41) is 15.0. The van der Waals surface area contributed by atoms with Crippen molar-refractivity contribution in [2.45, 2.75) is 31.8 Å². The van der Waals surface area contributed by atoms with E-state index < -0.39 is 16.7 Å². The highest BCUT2D eigenvalue weighted by atomic mass is 19.1. The second kappa shape index (κ2) is 7.08. The number of fused-ring (bicyclic) bond motifs is 3. The van der Waals surface area contributed by atoms with E-state index in [0.717, 1.165) is 11.8 Å². The molecule has 0 amide bonds. The number of hydrogen-bond donors (Lipinski definition) is 1. The maximum absolute atomic E-state index is 14.1. The summed E-state index contributed by atoms with van der Waals surface area (Å²) >= 11 is 0. The first-order valence-electron chi connectivity index (χ1n) is 10.1. The van der Waals surface area contributed by atoms with Crippen LogP contribution in [0.15, 0.2) is 77.2 Å². The van der Waals surface area contributed by atoms with Gasteiger partial charge in [0.1, 0.15) is 19.4 Å². The third kappa shape index (κ3) is 3.05. The van der Waals surface area contributed by atoms with Gasteiger partial charge < -0.3 is 9.67 Å². The number of aromatic nitrogens is 4. The maximum Gasteiger partial charge on any atom is 0.242 e. The van der Waals surface area contributed by atoms with Crippen LogP contribution in [0.3, 0.4) is 0 Å². The summed E-state index contributed by atoms with van der Waals surface area (Å²) in [6.45, 7) is 2.57.